The lowest BCUT2D eigenvalue weighted by atomic mass is 10.2. The van der Waals surface area contributed by atoms with Gasteiger partial charge in [-0.05, 0) is 24.3 Å². The van der Waals surface area contributed by atoms with E-state index in [0.717, 1.165) is 68.0 Å². The molecule has 2 heterocycles. The highest BCUT2D eigenvalue weighted by atomic mass is 35.5. The zero-order valence-electron chi connectivity index (χ0n) is 13.3. The lowest BCUT2D eigenvalue weighted by Crippen LogP contribution is -3.00. The molecule has 0 atom stereocenters. The van der Waals surface area contributed by atoms with Gasteiger partial charge >= 0.3 is 0 Å². The SMILES string of the molecule is Clc1cccc(-c2ccc(CNCCN3CCOCC3)o2)c1.[Cl-].[Cl-]. The Labute approximate surface area is 160 Å². The van der Waals surface area contributed by atoms with Crippen LogP contribution in [0.3, 0.4) is 0 Å². The Hall–Kier alpha value is -0.750. The second-order valence-electron chi connectivity index (χ2n) is 5.41. The molecule has 3 rings (SSSR count). The van der Waals surface area contributed by atoms with Gasteiger partial charge in [-0.2, -0.15) is 0 Å². The third-order valence-electron chi connectivity index (χ3n) is 3.78. The van der Waals surface area contributed by atoms with Crippen LogP contribution in [-0.4, -0.2) is 44.3 Å². The van der Waals surface area contributed by atoms with Crippen LogP contribution in [0, 0.1) is 0 Å². The van der Waals surface area contributed by atoms with Gasteiger partial charge in [-0.3, -0.25) is 4.90 Å². The minimum absolute atomic E-state index is 0. The minimum Gasteiger partial charge on any atom is -1.00 e. The zero-order valence-corrected chi connectivity index (χ0v) is 15.6. The van der Waals surface area contributed by atoms with Crippen molar-refractivity contribution in [2.45, 2.75) is 6.54 Å². The largest absolute Gasteiger partial charge is 1.00 e. The van der Waals surface area contributed by atoms with E-state index in [1.165, 1.54) is 0 Å². The number of furan rings is 1. The molecule has 4 nitrogen and oxygen atoms in total. The molecule has 1 fully saturated rings. The highest BCUT2D eigenvalue weighted by Crippen LogP contribution is 2.24. The van der Waals surface area contributed by atoms with Crippen molar-refractivity contribution in [3.63, 3.8) is 0 Å². The quantitative estimate of drug-likeness (QED) is 0.534. The first kappa shape index (κ1) is 21.3. The fourth-order valence-corrected chi connectivity index (χ4v) is 2.73. The summed E-state index contributed by atoms with van der Waals surface area (Å²) in [7, 11) is 0. The monoisotopic (exact) mass is 390 g/mol. The molecule has 1 aliphatic rings. The third-order valence-corrected chi connectivity index (χ3v) is 4.01. The molecular weight excluding hydrogens is 371 g/mol. The number of rotatable bonds is 6. The number of hydrogen-bond acceptors (Lipinski definition) is 4. The smallest absolute Gasteiger partial charge is 0.134 e. The van der Waals surface area contributed by atoms with Gasteiger partial charge in [-0.1, -0.05) is 23.7 Å². The van der Waals surface area contributed by atoms with Crippen molar-refractivity contribution in [1.82, 2.24) is 10.2 Å². The summed E-state index contributed by atoms with van der Waals surface area (Å²) < 4.78 is 11.2. The second-order valence-corrected chi connectivity index (χ2v) is 5.84. The Kier molecular flexibility index (Phi) is 9.74. The highest BCUT2D eigenvalue weighted by molar-refractivity contribution is 6.30. The summed E-state index contributed by atoms with van der Waals surface area (Å²) in [4.78, 5) is 2.41. The van der Waals surface area contributed by atoms with Crippen LogP contribution in [0.5, 0.6) is 0 Å². The van der Waals surface area contributed by atoms with Crippen molar-refractivity contribution in [2.24, 2.45) is 0 Å². The van der Waals surface area contributed by atoms with Crippen LogP contribution in [0.2, 0.25) is 5.02 Å². The summed E-state index contributed by atoms with van der Waals surface area (Å²) in [5.41, 5.74) is 1.01. The van der Waals surface area contributed by atoms with E-state index < -0.39 is 0 Å². The summed E-state index contributed by atoms with van der Waals surface area (Å²) in [6.07, 6.45) is 0. The van der Waals surface area contributed by atoms with Crippen LogP contribution < -0.4 is 30.1 Å². The van der Waals surface area contributed by atoms with Crippen LogP contribution in [0.1, 0.15) is 5.76 Å². The van der Waals surface area contributed by atoms with Gasteiger partial charge in [0.15, 0.2) is 0 Å². The van der Waals surface area contributed by atoms with Gasteiger partial charge in [0.05, 0.1) is 19.8 Å². The highest BCUT2D eigenvalue weighted by Gasteiger charge is 2.09. The Morgan fingerprint density at radius 3 is 2.62 bits per heavy atom. The van der Waals surface area contributed by atoms with Gasteiger partial charge in [0.25, 0.3) is 0 Å². The number of morpholine rings is 1. The summed E-state index contributed by atoms with van der Waals surface area (Å²) in [6, 6.07) is 11.7. The molecule has 0 unspecified atom stereocenters. The van der Waals surface area contributed by atoms with E-state index >= 15 is 0 Å². The summed E-state index contributed by atoms with van der Waals surface area (Å²) in [6.45, 7) is 6.49. The zero-order chi connectivity index (χ0) is 15.2. The molecule has 1 aliphatic heterocycles. The van der Waals surface area contributed by atoms with Crippen molar-refractivity contribution < 1.29 is 34.0 Å². The van der Waals surface area contributed by atoms with Gasteiger partial charge in [-0.15, -0.1) is 0 Å². The first-order valence-corrected chi connectivity index (χ1v) is 8.04. The molecular formula is C17H21Cl3N2O2-2. The van der Waals surface area contributed by atoms with E-state index in [0.29, 0.717) is 0 Å². The fraction of sp³-hybridized carbons (Fsp3) is 0.412. The van der Waals surface area contributed by atoms with E-state index in [9.17, 15) is 0 Å². The number of ether oxygens (including phenoxy) is 1. The van der Waals surface area contributed by atoms with Gasteiger partial charge in [-0.25, -0.2) is 0 Å². The number of benzene rings is 1. The lowest BCUT2D eigenvalue weighted by molar-refractivity contribution is -0.00100. The topological polar surface area (TPSA) is 37.6 Å². The minimum atomic E-state index is 0. The normalized spacial score (nSPS) is 14.7. The molecule has 0 spiro atoms. The molecule has 1 aromatic carbocycles. The molecule has 0 bridgehead atoms. The Bertz CT molecular complexity index is 601. The number of halogens is 3. The summed E-state index contributed by atoms with van der Waals surface area (Å²) >= 11 is 6.01. The molecule has 0 radical (unpaired) electrons. The second kappa shape index (κ2) is 11.0. The average molecular weight is 392 g/mol. The Morgan fingerprint density at radius 2 is 1.88 bits per heavy atom. The van der Waals surface area contributed by atoms with Crippen molar-refractivity contribution in [3.8, 4) is 11.3 Å². The molecule has 2 aromatic rings. The first-order valence-electron chi connectivity index (χ1n) is 7.67. The molecule has 134 valence electrons. The fourth-order valence-electron chi connectivity index (χ4n) is 2.54. The number of nitrogens with zero attached hydrogens (tertiary/aromatic N) is 1. The molecule has 1 N–H and O–H groups in total. The maximum Gasteiger partial charge on any atom is 0.134 e. The number of hydrogen-bond donors (Lipinski definition) is 1. The van der Waals surface area contributed by atoms with Crippen molar-refractivity contribution in [1.29, 1.82) is 0 Å². The van der Waals surface area contributed by atoms with Crippen LogP contribution in [-0.2, 0) is 11.3 Å². The third kappa shape index (κ3) is 6.28. The maximum atomic E-state index is 6.01. The maximum absolute atomic E-state index is 6.01. The standard InChI is InChI=1S/C17H21ClN2O2.2ClH/c18-15-3-1-2-14(12-15)17-5-4-16(22-17)13-19-6-7-20-8-10-21-11-9-20;;/h1-5,12,19H,6-11,13H2;2*1H/p-2. The van der Waals surface area contributed by atoms with E-state index in [1.54, 1.807) is 0 Å². The molecule has 1 aromatic heterocycles. The van der Waals surface area contributed by atoms with E-state index in [2.05, 4.69) is 10.2 Å². The van der Waals surface area contributed by atoms with E-state index in [4.69, 9.17) is 20.8 Å². The predicted molar refractivity (Wildman–Crippen MR) is 88.1 cm³/mol. The Balaban J connectivity index is 0.00000144. The summed E-state index contributed by atoms with van der Waals surface area (Å²) in [5.74, 6) is 1.80. The summed E-state index contributed by atoms with van der Waals surface area (Å²) in [5, 5.41) is 4.14. The van der Waals surface area contributed by atoms with Gasteiger partial charge < -0.3 is 39.3 Å². The van der Waals surface area contributed by atoms with Crippen LogP contribution in [0.15, 0.2) is 40.8 Å². The van der Waals surface area contributed by atoms with E-state index in [1.807, 2.05) is 36.4 Å². The molecule has 0 amide bonds. The molecule has 1 saturated heterocycles. The molecule has 0 saturated carbocycles. The van der Waals surface area contributed by atoms with Crippen molar-refractivity contribution in [2.75, 3.05) is 39.4 Å². The average Bonchev–Trinajstić information content (AvgIpc) is 3.02. The van der Waals surface area contributed by atoms with Crippen LogP contribution >= 0.6 is 11.6 Å². The van der Waals surface area contributed by atoms with E-state index in [-0.39, 0.29) is 24.8 Å². The predicted octanol–water partition coefficient (Wildman–Crippen LogP) is -2.97. The van der Waals surface area contributed by atoms with Crippen molar-refractivity contribution >= 4 is 11.6 Å². The van der Waals surface area contributed by atoms with Gasteiger partial charge in [0.1, 0.15) is 11.5 Å². The van der Waals surface area contributed by atoms with Gasteiger partial charge in [0, 0.05) is 36.8 Å². The Morgan fingerprint density at radius 1 is 1.08 bits per heavy atom. The van der Waals surface area contributed by atoms with Gasteiger partial charge in [0.2, 0.25) is 0 Å². The van der Waals surface area contributed by atoms with Crippen LogP contribution in [0.25, 0.3) is 11.3 Å². The van der Waals surface area contributed by atoms with Crippen LogP contribution in [0.4, 0.5) is 0 Å². The first-order chi connectivity index (χ1) is 10.8. The van der Waals surface area contributed by atoms with Crippen molar-refractivity contribution in [3.05, 3.63) is 47.2 Å². The molecule has 0 aliphatic carbocycles. The number of nitrogens with one attached hydrogen (secondary N) is 1. The molecule has 24 heavy (non-hydrogen) atoms. The molecule has 7 heteroatoms. The lowest BCUT2D eigenvalue weighted by Gasteiger charge is -2.26.